The third kappa shape index (κ3) is 3.56. The fourth-order valence-corrected chi connectivity index (χ4v) is 2.16. The number of ether oxygens (including phenoxy) is 1. The number of aliphatic hydroxyl groups excluding tert-OH is 1. The van der Waals surface area contributed by atoms with Crippen molar-refractivity contribution >= 4 is 21.6 Å². The lowest BCUT2D eigenvalue weighted by Crippen LogP contribution is -1.99. The largest absolute Gasteiger partial charge is 0.447 e. The molecule has 0 bridgehead atoms. The number of aromatic nitrogens is 1. The first-order chi connectivity index (χ1) is 10.0. The Labute approximate surface area is 129 Å². The van der Waals surface area contributed by atoms with E-state index in [9.17, 15) is 15.2 Å². The molecule has 0 spiro atoms. The molecule has 0 aliphatic rings. The van der Waals surface area contributed by atoms with Crippen LogP contribution in [0, 0.1) is 10.1 Å². The maximum absolute atomic E-state index is 11.0. The summed E-state index contributed by atoms with van der Waals surface area (Å²) in [5.74, 6) is 0.477. The summed E-state index contributed by atoms with van der Waals surface area (Å²) in [6.07, 6.45) is 1.36. The van der Waals surface area contributed by atoms with Gasteiger partial charge in [0.15, 0.2) is 0 Å². The number of nitro benzene ring substituents is 1. The summed E-state index contributed by atoms with van der Waals surface area (Å²) in [5.41, 5.74) is 0.397. The van der Waals surface area contributed by atoms with Crippen LogP contribution in [0.15, 0.2) is 41.0 Å². The highest BCUT2D eigenvalue weighted by atomic mass is 79.9. The smallest absolute Gasteiger partial charge is 0.312 e. The van der Waals surface area contributed by atoms with Gasteiger partial charge in [0.25, 0.3) is 0 Å². The molecule has 0 saturated carbocycles. The van der Waals surface area contributed by atoms with Crippen LogP contribution in [-0.2, 0) is 0 Å². The third-order valence-corrected chi connectivity index (χ3v) is 3.47. The maximum Gasteiger partial charge on any atom is 0.312 e. The fraction of sp³-hybridized carbons (Fsp3) is 0.214. The Morgan fingerprint density at radius 1 is 1.43 bits per heavy atom. The van der Waals surface area contributed by atoms with Crippen LogP contribution in [0.25, 0.3) is 0 Å². The summed E-state index contributed by atoms with van der Waals surface area (Å²) in [6, 6.07) is 7.83. The molecule has 110 valence electrons. The lowest BCUT2D eigenvalue weighted by molar-refractivity contribution is -0.385. The predicted octanol–water partition coefficient (Wildman–Crippen LogP) is 3.99. The predicted molar refractivity (Wildman–Crippen MR) is 80.4 cm³/mol. The van der Waals surface area contributed by atoms with Crippen LogP contribution < -0.4 is 4.74 Å². The number of rotatable bonds is 5. The Morgan fingerprint density at radius 3 is 2.76 bits per heavy atom. The Balaban J connectivity index is 2.28. The Kier molecular flexibility index (Phi) is 4.87. The molecule has 2 rings (SSSR count). The number of nitrogens with zero attached hydrogens (tertiary/aromatic N) is 2. The van der Waals surface area contributed by atoms with Gasteiger partial charge in [0.2, 0.25) is 5.75 Å². The second-order valence-electron chi connectivity index (χ2n) is 4.29. The Hall–Kier alpha value is -1.99. The first-order valence-corrected chi connectivity index (χ1v) is 7.07. The summed E-state index contributed by atoms with van der Waals surface area (Å²) < 4.78 is 6.02. The minimum Gasteiger partial charge on any atom is -0.447 e. The summed E-state index contributed by atoms with van der Waals surface area (Å²) in [5, 5.41) is 20.7. The van der Waals surface area contributed by atoms with Gasteiger partial charge in [0.1, 0.15) is 5.75 Å². The van der Waals surface area contributed by atoms with Crippen molar-refractivity contribution in [1.29, 1.82) is 0 Å². The average Bonchev–Trinajstić information content (AvgIpc) is 2.49. The van der Waals surface area contributed by atoms with Crippen LogP contribution >= 0.6 is 15.9 Å². The molecule has 0 aliphatic heterocycles. The molecule has 6 nitrogen and oxygen atoms in total. The molecule has 0 radical (unpaired) electrons. The second kappa shape index (κ2) is 6.64. The van der Waals surface area contributed by atoms with Gasteiger partial charge in [-0.25, -0.2) is 0 Å². The summed E-state index contributed by atoms with van der Waals surface area (Å²) in [4.78, 5) is 14.6. The van der Waals surface area contributed by atoms with Crippen molar-refractivity contribution in [1.82, 2.24) is 4.98 Å². The van der Waals surface area contributed by atoms with Crippen LogP contribution in [0.5, 0.6) is 11.5 Å². The van der Waals surface area contributed by atoms with Crippen molar-refractivity contribution in [2.45, 2.75) is 19.4 Å². The molecular weight excluding hydrogens is 340 g/mol. The number of hydrogen-bond acceptors (Lipinski definition) is 5. The Morgan fingerprint density at radius 2 is 2.19 bits per heavy atom. The van der Waals surface area contributed by atoms with Gasteiger partial charge in [0.05, 0.1) is 27.4 Å². The highest BCUT2D eigenvalue weighted by Gasteiger charge is 2.19. The summed E-state index contributed by atoms with van der Waals surface area (Å²) >= 11 is 3.23. The first-order valence-electron chi connectivity index (χ1n) is 6.27. The highest BCUT2D eigenvalue weighted by Crippen LogP contribution is 2.37. The molecular formula is C14H13BrN2O4. The fourth-order valence-electron chi connectivity index (χ4n) is 1.72. The van der Waals surface area contributed by atoms with Gasteiger partial charge < -0.3 is 9.84 Å². The van der Waals surface area contributed by atoms with Gasteiger partial charge >= 0.3 is 5.69 Å². The SMILES string of the molecule is CCC(O)c1ccc(Oc2c(Br)cccc2[N+](=O)[O-])cn1. The lowest BCUT2D eigenvalue weighted by atomic mass is 10.2. The number of aliphatic hydroxyl groups is 1. The van der Waals surface area contributed by atoms with E-state index in [2.05, 4.69) is 20.9 Å². The van der Waals surface area contributed by atoms with E-state index in [0.29, 0.717) is 22.3 Å². The molecule has 1 N–H and O–H groups in total. The third-order valence-electron chi connectivity index (χ3n) is 2.85. The van der Waals surface area contributed by atoms with Gasteiger partial charge in [-0.2, -0.15) is 0 Å². The molecule has 1 aromatic heterocycles. The van der Waals surface area contributed by atoms with E-state index in [1.54, 1.807) is 24.3 Å². The van der Waals surface area contributed by atoms with Crippen LogP contribution in [0.4, 0.5) is 5.69 Å². The van der Waals surface area contributed by atoms with Crippen molar-refractivity contribution in [2.24, 2.45) is 0 Å². The van der Waals surface area contributed by atoms with Crippen LogP contribution in [0.3, 0.4) is 0 Å². The zero-order valence-corrected chi connectivity index (χ0v) is 12.8. The molecule has 1 atom stereocenters. The molecule has 0 fully saturated rings. The lowest BCUT2D eigenvalue weighted by Gasteiger charge is -2.10. The van der Waals surface area contributed by atoms with Crippen molar-refractivity contribution in [2.75, 3.05) is 0 Å². The van der Waals surface area contributed by atoms with Crippen LogP contribution in [0.2, 0.25) is 0 Å². The quantitative estimate of drug-likeness (QED) is 0.649. The van der Waals surface area contributed by atoms with E-state index in [4.69, 9.17) is 4.74 Å². The summed E-state index contributed by atoms with van der Waals surface area (Å²) in [6.45, 7) is 1.85. The number of para-hydroxylation sites is 1. The van der Waals surface area contributed by atoms with Crippen LogP contribution in [-0.4, -0.2) is 15.0 Å². The van der Waals surface area contributed by atoms with Gasteiger partial charge in [-0.1, -0.05) is 13.0 Å². The van der Waals surface area contributed by atoms with Gasteiger partial charge in [-0.3, -0.25) is 15.1 Å². The van der Waals surface area contributed by atoms with Crippen molar-refractivity contribution in [3.63, 3.8) is 0 Å². The first kappa shape index (κ1) is 15.4. The highest BCUT2D eigenvalue weighted by molar-refractivity contribution is 9.10. The molecule has 21 heavy (non-hydrogen) atoms. The average molecular weight is 353 g/mol. The number of halogens is 1. The van der Waals surface area contributed by atoms with Crippen molar-refractivity contribution < 1.29 is 14.8 Å². The van der Waals surface area contributed by atoms with E-state index in [1.165, 1.54) is 12.3 Å². The zero-order chi connectivity index (χ0) is 15.4. The van der Waals surface area contributed by atoms with E-state index < -0.39 is 11.0 Å². The topological polar surface area (TPSA) is 85.5 Å². The molecule has 1 heterocycles. The minimum absolute atomic E-state index is 0.119. The molecule has 2 aromatic rings. The van der Waals surface area contributed by atoms with E-state index >= 15 is 0 Å². The second-order valence-corrected chi connectivity index (χ2v) is 5.14. The molecule has 1 unspecified atom stereocenters. The molecule has 0 amide bonds. The maximum atomic E-state index is 11.0. The van der Waals surface area contributed by atoms with Gasteiger partial charge in [-0.05, 0) is 40.5 Å². The molecule has 0 saturated heterocycles. The van der Waals surface area contributed by atoms with Gasteiger partial charge in [-0.15, -0.1) is 0 Å². The van der Waals surface area contributed by atoms with E-state index in [1.807, 2.05) is 6.92 Å². The molecule has 0 aliphatic carbocycles. The number of pyridine rings is 1. The minimum atomic E-state index is -0.628. The molecule has 1 aromatic carbocycles. The number of nitro groups is 1. The van der Waals surface area contributed by atoms with Crippen molar-refractivity contribution in [3.05, 3.63) is 56.8 Å². The monoisotopic (exact) mass is 352 g/mol. The zero-order valence-electron chi connectivity index (χ0n) is 11.2. The number of benzene rings is 1. The van der Waals surface area contributed by atoms with E-state index in [-0.39, 0.29) is 11.4 Å². The van der Waals surface area contributed by atoms with Crippen molar-refractivity contribution in [3.8, 4) is 11.5 Å². The standard InChI is InChI=1S/C14H13BrN2O4/c1-2-13(18)11-7-6-9(8-16-11)21-14-10(15)4-3-5-12(14)17(19)20/h3-8,13,18H,2H2,1H3. The number of hydrogen-bond donors (Lipinski definition) is 1. The Bertz CT molecular complexity index is 646. The molecule has 7 heteroatoms. The van der Waals surface area contributed by atoms with Gasteiger partial charge in [0, 0.05) is 6.07 Å². The normalized spacial score (nSPS) is 12.0. The van der Waals surface area contributed by atoms with E-state index in [0.717, 1.165) is 0 Å². The van der Waals surface area contributed by atoms with Crippen LogP contribution in [0.1, 0.15) is 25.1 Å². The summed E-state index contributed by atoms with van der Waals surface area (Å²) in [7, 11) is 0.